The molecule has 0 aromatic rings. The van der Waals surface area contributed by atoms with E-state index < -0.39 is 12.0 Å². The van der Waals surface area contributed by atoms with E-state index in [4.69, 9.17) is 10.4 Å². The first-order chi connectivity index (χ1) is 6.19. The molecule has 1 aliphatic rings. The van der Waals surface area contributed by atoms with Gasteiger partial charge < -0.3 is 5.11 Å². The molecule has 2 N–H and O–H groups in total. The maximum atomic E-state index is 10.8. The van der Waals surface area contributed by atoms with Crippen LogP contribution in [0, 0.1) is 17.2 Å². The highest BCUT2D eigenvalue weighted by atomic mass is 16.4. The Kier molecular flexibility index (Phi) is 3.26. The van der Waals surface area contributed by atoms with Gasteiger partial charge in [-0.1, -0.05) is 6.92 Å². The Morgan fingerprint density at radius 3 is 2.69 bits per heavy atom. The molecule has 0 amide bonds. The molecular weight excluding hydrogens is 168 g/mol. The van der Waals surface area contributed by atoms with E-state index in [-0.39, 0.29) is 12.0 Å². The van der Waals surface area contributed by atoms with Crippen LogP contribution in [-0.4, -0.2) is 23.2 Å². The van der Waals surface area contributed by atoms with E-state index in [0.717, 1.165) is 12.8 Å². The van der Waals surface area contributed by atoms with Gasteiger partial charge in [0.05, 0.1) is 12.1 Å². The third-order valence-corrected chi connectivity index (χ3v) is 2.30. The van der Waals surface area contributed by atoms with E-state index in [1.54, 1.807) is 0 Å². The predicted octanol–water partition coefficient (Wildman–Crippen LogP) is 0.741. The van der Waals surface area contributed by atoms with Crippen LogP contribution in [0.4, 0.5) is 0 Å². The molecule has 1 aliphatic carbocycles. The van der Waals surface area contributed by atoms with Crippen molar-refractivity contribution in [3.05, 3.63) is 0 Å². The number of carbonyl (C=O) groups is 1. The molecule has 2 unspecified atom stereocenters. The van der Waals surface area contributed by atoms with Gasteiger partial charge in [-0.05, 0) is 25.2 Å². The second-order valence-corrected chi connectivity index (χ2v) is 3.41. The fourth-order valence-electron chi connectivity index (χ4n) is 1.30. The molecule has 0 radical (unpaired) electrons. The van der Waals surface area contributed by atoms with Crippen molar-refractivity contribution < 1.29 is 9.90 Å². The molecule has 0 heterocycles. The number of hydrogen-bond acceptors (Lipinski definition) is 3. The summed E-state index contributed by atoms with van der Waals surface area (Å²) in [5, 5.41) is 20.4. The van der Waals surface area contributed by atoms with Gasteiger partial charge in [-0.2, -0.15) is 5.26 Å². The first-order valence-electron chi connectivity index (χ1n) is 4.57. The molecule has 0 aromatic heterocycles. The molecule has 0 saturated heterocycles. The average molecular weight is 182 g/mol. The number of rotatable bonds is 5. The van der Waals surface area contributed by atoms with E-state index >= 15 is 0 Å². The summed E-state index contributed by atoms with van der Waals surface area (Å²) in [7, 11) is 0. The van der Waals surface area contributed by atoms with E-state index in [1.165, 1.54) is 0 Å². The van der Waals surface area contributed by atoms with Gasteiger partial charge in [-0.15, -0.1) is 0 Å². The molecule has 0 spiro atoms. The van der Waals surface area contributed by atoms with Crippen molar-refractivity contribution in [1.82, 2.24) is 5.32 Å². The van der Waals surface area contributed by atoms with Crippen LogP contribution in [-0.2, 0) is 4.79 Å². The van der Waals surface area contributed by atoms with Crippen LogP contribution in [0.3, 0.4) is 0 Å². The molecule has 13 heavy (non-hydrogen) atoms. The lowest BCUT2D eigenvalue weighted by molar-refractivity contribution is -0.140. The first-order valence-corrected chi connectivity index (χ1v) is 4.57. The SMILES string of the molecule is CCC(C#N)NC(C(=O)O)C1CC1. The second-order valence-electron chi connectivity index (χ2n) is 3.41. The normalized spacial score (nSPS) is 20.3. The largest absolute Gasteiger partial charge is 0.480 e. The first kappa shape index (κ1) is 10.0. The van der Waals surface area contributed by atoms with Crippen LogP contribution in [0.1, 0.15) is 26.2 Å². The number of carboxylic acid groups (broad SMARTS) is 1. The second kappa shape index (κ2) is 4.24. The summed E-state index contributed by atoms with van der Waals surface area (Å²) >= 11 is 0. The monoisotopic (exact) mass is 182 g/mol. The Labute approximate surface area is 77.6 Å². The average Bonchev–Trinajstić information content (AvgIpc) is 2.89. The fourth-order valence-corrected chi connectivity index (χ4v) is 1.30. The lowest BCUT2D eigenvalue weighted by Crippen LogP contribution is -2.44. The minimum atomic E-state index is -0.837. The summed E-state index contributed by atoms with van der Waals surface area (Å²) in [5.41, 5.74) is 0. The summed E-state index contributed by atoms with van der Waals surface area (Å²) in [6.07, 6.45) is 2.57. The number of aliphatic carboxylic acids is 1. The number of carboxylic acids is 1. The zero-order valence-electron chi connectivity index (χ0n) is 7.66. The molecule has 0 bridgehead atoms. The van der Waals surface area contributed by atoms with Crippen molar-refractivity contribution in [2.24, 2.45) is 5.92 Å². The van der Waals surface area contributed by atoms with Gasteiger partial charge in [0.1, 0.15) is 6.04 Å². The van der Waals surface area contributed by atoms with Crippen LogP contribution in [0.25, 0.3) is 0 Å². The Morgan fingerprint density at radius 1 is 1.77 bits per heavy atom. The third kappa shape index (κ3) is 2.71. The molecule has 1 fully saturated rings. The van der Waals surface area contributed by atoms with Gasteiger partial charge in [0.15, 0.2) is 0 Å². The number of nitriles is 1. The summed E-state index contributed by atoms with van der Waals surface area (Å²) < 4.78 is 0. The van der Waals surface area contributed by atoms with Crippen LogP contribution < -0.4 is 5.32 Å². The third-order valence-electron chi connectivity index (χ3n) is 2.30. The van der Waals surface area contributed by atoms with Crippen molar-refractivity contribution in [2.45, 2.75) is 38.3 Å². The summed E-state index contributed by atoms with van der Waals surface area (Å²) in [6, 6.07) is 1.19. The van der Waals surface area contributed by atoms with Crippen molar-refractivity contribution in [2.75, 3.05) is 0 Å². The van der Waals surface area contributed by atoms with Gasteiger partial charge in [-0.25, -0.2) is 0 Å². The Bertz CT molecular complexity index is 230. The summed E-state index contributed by atoms with van der Waals surface area (Å²) in [6.45, 7) is 1.87. The van der Waals surface area contributed by atoms with Gasteiger partial charge >= 0.3 is 5.97 Å². The highest BCUT2D eigenvalue weighted by Crippen LogP contribution is 2.32. The Morgan fingerprint density at radius 2 is 2.38 bits per heavy atom. The lowest BCUT2D eigenvalue weighted by atomic mass is 10.1. The predicted molar refractivity (Wildman–Crippen MR) is 47.0 cm³/mol. The topological polar surface area (TPSA) is 73.1 Å². The molecule has 72 valence electrons. The van der Waals surface area contributed by atoms with Crippen LogP contribution in [0.15, 0.2) is 0 Å². The van der Waals surface area contributed by atoms with E-state index in [9.17, 15) is 4.79 Å². The van der Waals surface area contributed by atoms with Crippen LogP contribution >= 0.6 is 0 Å². The lowest BCUT2D eigenvalue weighted by Gasteiger charge is -2.16. The highest BCUT2D eigenvalue weighted by Gasteiger charge is 2.37. The van der Waals surface area contributed by atoms with Gasteiger partial charge in [0.25, 0.3) is 0 Å². The molecule has 1 rings (SSSR count). The van der Waals surface area contributed by atoms with E-state index in [0.29, 0.717) is 6.42 Å². The van der Waals surface area contributed by atoms with Crippen LogP contribution in [0.2, 0.25) is 0 Å². The fraction of sp³-hybridized carbons (Fsp3) is 0.778. The van der Waals surface area contributed by atoms with Crippen molar-refractivity contribution in [1.29, 1.82) is 5.26 Å². The summed E-state index contributed by atoms with van der Waals surface area (Å²) in [4.78, 5) is 10.8. The molecule has 2 atom stereocenters. The smallest absolute Gasteiger partial charge is 0.321 e. The standard InChI is InChI=1S/C9H14N2O2/c1-2-7(5-10)11-8(9(12)13)6-3-4-6/h6-8,11H,2-4H2,1H3,(H,12,13). The van der Waals surface area contributed by atoms with Gasteiger partial charge in [-0.3, -0.25) is 10.1 Å². The zero-order chi connectivity index (χ0) is 9.84. The number of hydrogen-bond donors (Lipinski definition) is 2. The molecular formula is C9H14N2O2. The van der Waals surface area contributed by atoms with Gasteiger partial charge in [0, 0.05) is 0 Å². The van der Waals surface area contributed by atoms with E-state index in [2.05, 4.69) is 5.32 Å². The molecule has 0 aromatic carbocycles. The highest BCUT2D eigenvalue weighted by molar-refractivity contribution is 5.74. The molecule has 4 heteroatoms. The number of nitrogens with zero attached hydrogens (tertiary/aromatic N) is 1. The number of nitrogens with one attached hydrogen (secondary N) is 1. The minimum absolute atomic E-state index is 0.236. The zero-order valence-corrected chi connectivity index (χ0v) is 7.66. The summed E-state index contributed by atoms with van der Waals surface area (Å²) in [5.74, 6) is -0.601. The van der Waals surface area contributed by atoms with Gasteiger partial charge in [0.2, 0.25) is 0 Å². The Hall–Kier alpha value is -1.08. The Balaban J connectivity index is 2.47. The maximum Gasteiger partial charge on any atom is 0.321 e. The molecule has 4 nitrogen and oxygen atoms in total. The van der Waals surface area contributed by atoms with Crippen molar-refractivity contribution in [3.63, 3.8) is 0 Å². The minimum Gasteiger partial charge on any atom is -0.480 e. The van der Waals surface area contributed by atoms with Crippen LogP contribution in [0.5, 0.6) is 0 Å². The molecule has 0 aliphatic heterocycles. The van der Waals surface area contributed by atoms with Crippen molar-refractivity contribution >= 4 is 5.97 Å². The maximum absolute atomic E-state index is 10.8. The van der Waals surface area contributed by atoms with E-state index in [1.807, 2.05) is 13.0 Å². The quantitative estimate of drug-likeness (QED) is 0.657. The van der Waals surface area contributed by atoms with Crippen molar-refractivity contribution in [3.8, 4) is 6.07 Å². The molecule has 1 saturated carbocycles.